The maximum atomic E-state index is 12.9. The Labute approximate surface area is 172 Å². The molecule has 0 bridgehead atoms. The molecule has 0 spiro atoms. The molecule has 0 aliphatic carbocycles. The molecule has 1 amide bonds. The van der Waals surface area contributed by atoms with Gasteiger partial charge in [-0.1, -0.05) is 18.2 Å². The van der Waals surface area contributed by atoms with Crippen molar-refractivity contribution in [3.8, 4) is 16.0 Å². The largest absolute Gasteiger partial charge is 0.337 e. The first-order valence-electron chi connectivity index (χ1n) is 9.23. The van der Waals surface area contributed by atoms with Crippen molar-refractivity contribution in [1.82, 2.24) is 14.8 Å². The van der Waals surface area contributed by atoms with Gasteiger partial charge in [-0.2, -0.15) is 5.26 Å². The minimum Gasteiger partial charge on any atom is -0.337 e. The van der Waals surface area contributed by atoms with Crippen molar-refractivity contribution in [2.24, 2.45) is 0 Å². The van der Waals surface area contributed by atoms with E-state index in [1.165, 1.54) is 16.9 Å². The fourth-order valence-corrected chi connectivity index (χ4v) is 5.01. The molecule has 1 aliphatic heterocycles. The molecule has 0 radical (unpaired) electrons. The lowest BCUT2D eigenvalue weighted by atomic mass is 10.1. The van der Waals surface area contributed by atoms with Crippen molar-refractivity contribution in [2.75, 3.05) is 26.2 Å². The number of amides is 1. The van der Waals surface area contributed by atoms with E-state index in [2.05, 4.69) is 16.0 Å². The van der Waals surface area contributed by atoms with Crippen molar-refractivity contribution in [2.45, 2.75) is 13.0 Å². The van der Waals surface area contributed by atoms with Crippen LogP contribution in [-0.2, 0) is 6.54 Å². The summed E-state index contributed by atoms with van der Waals surface area (Å²) in [6.45, 7) is 4.16. The lowest BCUT2D eigenvalue weighted by Gasteiger charge is -2.21. The van der Waals surface area contributed by atoms with Crippen molar-refractivity contribution >= 4 is 28.6 Å². The molecule has 3 aromatic rings. The minimum absolute atomic E-state index is 0.0838. The summed E-state index contributed by atoms with van der Waals surface area (Å²) >= 11 is 3.12. The highest BCUT2D eigenvalue weighted by molar-refractivity contribution is 7.21. The fraction of sp³-hybridized carbons (Fsp3) is 0.286. The minimum atomic E-state index is 0.0838. The van der Waals surface area contributed by atoms with Crippen molar-refractivity contribution < 1.29 is 4.79 Å². The van der Waals surface area contributed by atoms with Gasteiger partial charge < -0.3 is 4.90 Å². The summed E-state index contributed by atoms with van der Waals surface area (Å²) in [7, 11) is 0. The summed E-state index contributed by atoms with van der Waals surface area (Å²) < 4.78 is 0. The van der Waals surface area contributed by atoms with E-state index in [-0.39, 0.29) is 5.91 Å². The molecule has 3 heterocycles. The van der Waals surface area contributed by atoms with Crippen molar-refractivity contribution in [3.05, 3.63) is 64.0 Å². The van der Waals surface area contributed by atoms with Crippen LogP contribution in [0.1, 0.15) is 27.2 Å². The summed E-state index contributed by atoms with van der Waals surface area (Å²) in [6, 6.07) is 13.9. The Bertz CT molecular complexity index is 973. The number of rotatable bonds is 4. The molecule has 1 aliphatic rings. The molecule has 0 N–H and O–H groups in total. The van der Waals surface area contributed by atoms with Crippen LogP contribution in [0.15, 0.2) is 48.0 Å². The third-order valence-corrected chi connectivity index (χ3v) is 6.84. The molecule has 2 aromatic heterocycles. The van der Waals surface area contributed by atoms with E-state index in [1.807, 2.05) is 46.7 Å². The van der Waals surface area contributed by atoms with E-state index in [9.17, 15) is 4.79 Å². The molecule has 28 heavy (non-hydrogen) atoms. The van der Waals surface area contributed by atoms with E-state index in [0.29, 0.717) is 10.4 Å². The zero-order chi connectivity index (χ0) is 19.3. The van der Waals surface area contributed by atoms with Gasteiger partial charge in [-0.15, -0.1) is 22.7 Å². The second-order valence-electron chi connectivity index (χ2n) is 6.74. The zero-order valence-corrected chi connectivity index (χ0v) is 17.0. The number of aromatic nitrogens is 1. The second kappa shape index (κ2) is 8.65. The Morgan fingerprint density at radius 3 is 2.75 bits per heavy atom. The third-order valence-electron chi connectivity index (χ3n) is 4.81. The lowest BCUT2D eigenvalue weighted by Crippen LogP contribution is -2.34. The Morgan fingerprint density at radius 2 is 2.00 bits per heavy atom. The standard InChI is InChI=1S/C21H20N4OS2/c22-13-16-4-6-17(7-5-16)15-24-8-2-9-25(11-10-24)21(26)19-14-23-20(28-19)18-3-1-12-27-18/h1,3-7,12,14H,2,8-11,15H2. The van der Waals surface area contributed by atoms with Gasteiger partial charge in [-0.3, -0.25) is 9.69 Å². The molecule has 4 rings (SSSR count). The van der Waals surface area contributed by atoms with Crippen molar-refractivity contribution in [3.63, 3.8) is 0 Å². The van der Waals surface area contributed by atoms with Crippen LogP contribution in [0.25, 0.3) is 9.88 Å². The average molecular weight is 409 g/mol. The van der Waals surface area contributed by atoms with E-state index >= 15 is 0 Å². The Hall–Kier alpha value is -2.53. The molecule has 1 saturated heterocycles. The van der Waals surface area contributed by atoms with Crippen LogP contribution in [0.3, 0.4) is 0 Å². The van der Waals surface area contributed by atoms with Crippen LogP contribution in [0.2, 0.25) is 0 Å². The highest BCUT2D eigenvalue weighted by Crippen LogP contribution is 2.29. The molecule has 5 nitrogen and oxygen atoms in total. The third kappa shape index (κ3) is 4.30. The molecule has 0 saturated carbocycles. The summed E-state index contributed by atoms with van der Waals surface area (Å²) in [4.78, 5) is 23.5. The smallest absolute Gasteiger partial charge is 0.265 e. The van der Waals surface area contributed by atoms with E-state index in [0.717, 1.165) is 49.0 Å². The number of thiazole rings is 1. The predicted molar refractivity (Wildman–Crippen MR) is 112 cm³/mol. The Kier molecular flexibility index (Phi) is 5.81. The Balaban J connectivity index is 1.37. The number of hydrogen-bond donors (Lipinski definition) is 0. The van der Waals surface area contributed by atoms with E-state index < -0.39 is 0 Å². The first-order chi connectivity index (χ1) is 13.7. The maximum absolute atomic E-state index is 12.9. The Morgan fingerprint density at radius 1 is 1.14 bits per heavy atom. The van der Waals surface area contributed by atoms with E-state index in [1.54, 1.807) is 17.5 Å². The predicted octanol–water partition coefficient (Wildman–Crippen LogP) is 4.09. The van der Waals surface area contributed by atoms with Gasteiger partial charge in [0, 0.05) is 32.7 Å². The summed E-state index contributed by atoms with van der Waals surface area (Å²) in [5, 5.41) is 11.9. The van der Waals surface area contributed by atoms with Crippen LogP contribution in [-0.4, -0.2) is 46.9 Å². The van der Waals surface area contributed by atoms with Gasteiger partial charge in [0.05, 0.1) is 22.7 Å². The monoisotopic (exact) mass is 408 g/mol. The second-order valence-corrected chi connectivity index (χ2v) is 8.72. The number of thiophene rings is 1. The maximum Gasteiger partial charge on any atom is 0.265 e. The number of benzene rings is 1. The van der Waals surface area contributed by atoms with Crippen molar-refractivity contribution in [1.29, 1.82) is 5.26 Å². The number of nitriles is 1. The molecule has 7 heteroatoms. The number of nitrogens with zero attached hydrogens (tertiary/aromatic N) is 4. The summed E-state index contributed by atoms with van der Waals surface area (Å²) in [5.74, 6) is 0.0838. The van der Waals surface area contributed by atoms with Gasteiger partial charge in [0.25, 0.3) is 5.91 Å². The first-order valence-corrected chi connectivity index (χ1v) is 10.9. The quantitative estimate of drug-likeness (QED) is 0.652. The average Bonchev–Trinajstić information content (AvgIpc) is 3.37. The topological polar surface area (TPSA) is 60.2 Å². The lowest BCUT2D eigenvalue weighted by molar-refractivity contribution is 0.0765. The molecular formula is C21H20N4OS2. The fourth-order valence-electron chi connectivity index (χ4n) is 3.32. The van der Waals surface area contributed by atoms with Gasteiger partial charge in [-0.25, -0.2) is 4.98 Å². The van der Waals surface area contributed by atoms with Gasteiger partial charge in [-0.05, 0) is 35.6 Å². The summed E-state index contributed by atoms with van der Waals surface area (Å²) in [5.41, 5.74) is 1.88. The van der Waals surface area contributed by atoms with Crippen LogP contribution in [0, 0.1) is 11.3 Å². The van der Waals surface area contributed by atoms with Crippen LogP contribution >= 0.6 is 22.7 Å². The first kappa shape index (κ1) is 18.8. The van der Waals surface area contributed by atoms with Gasteiger partial charge in [0.1, 0.15) is 9.88 Å². The molecule has 1 aromatic carbocycles. The summed E-state index contributed by atoms with van der Waals surface area (Å²) in [6.07, 6.45) is 2.67. The highest BCUT2D eigenvalue weighted by atomic mass is 32.1. The van der Waals surface area contributed by atoms with Crippen LogP contribution < -0.4 is 0 Å². The number of carbonyl (C=O) groups is 1. The number of hydrogen-bond acceptors (Lipinski definition) is 6. The molecule has 0 atom stereocenters. The van der Waals surface area contributed by atoms with Gasteiger partial charge in [0.2, 0.25) is 0 Å². The van der Waals surface area contributed by atoms with Gasteiger partial charge >= 0.3 is 0 Å². The van der Waals surface area contributed by atoms with Gasteiger partial charge in [0.15, 0.2) is 0 Å². The van der Waals surface area contributed by atoms with E-state index in [4.69, 9.17) is 5.26 Å². The zero-order valence-electron chi connectivity index (χ0n) is 15.4. The molecule has 142 valence electrons. The SMILES string of the molecule is N#Cc1ccc(CN2CCCN(C(=O)c3cnc(-c4cccs4)s3)CC2)cc1. The number of carbonyl (C=O) groups excluding carboxylic acids is 1. The molecular weight excluding hydrogens is 388 g/mol. The highest BCUT2D eigenvalue weighted by Gasteiger charge is 2.22. The normalized spacial score (nSPS) is 15.2. The van der Waals surface area contributed by atoms with Crippen LogP contribution in [0.5, 0.6) is 0 Å². The molecule has 1 fully saturated rings. The van der Waals surface area contributed by atoms with Crippen LogP contribution in [0.4, 0.5) is 0 Å². The molecule has 0 unspecified atom stereocenters.